The fourth-order valence-electron chi connectivity index (χ4n) is 3.93. The van der Waals surface area contributed by atoms with Gasteiger partial charge in [-0.3, -0.25) is 14.9 Å². The molecular formula is C26H27ClN6O3S. The monoisotopic (exact) mass is 538 g/mol. The predicted octanol–water partition coefficient (Wildman–Crippen LogP) is 3.75. The van der Waals surface area contributed by atoms with Crippen LogP contribution in [0, 0.1) is 6.92 Å². The number of nitrogens with zero attached hydrogens (tertiary/aromatic N) is 3. The number of dihydropyridines is 1. The quantitative estimate of drug-likeness (QED) is 0.358. The molecule has 0 fully saturated rings. The van der Waals surface area contributed by atoms with Crippen molar-refractivity contribution in [1.29, 1.82) is 0 Å². The van der Waals surface area contributed by atoms with E-state index in [1.807, 2.05) is 44.2 Å². The second-order valence-electron chi connectivity index (χ2n) is 8.64. The van der Waals surface area contributed by atoms with Gasteiger partial charge in [0, 0.05) is 31.2 Å². The first-order valence-electron chi connectivity index (χ1n) is 11.6. The zero-order valence-corrected chi connectivity index (χ0v) is 22.0. The number of carbonyl (C=O) groups excluding carboxylic acids is 2. The maximum Gasteiger partial charge on any atom is 0.270 e. The first kappa shape index (κ1) is 26.5. The predicted molar refractivity (Wildman–Crippen MR) is 145 cm³/mol. The van der Waals surface area contributed by atoms with E-state index in [1.165, 1.54) is 17.6 Å². The van der Waals surface area contributed by atoms with Gasteiger partial charge in [-0.2, -0.15) is 0 Å². The molecule has 0 radical (unpaired) electrons. The van der Waals surface area contributed by atoms with E-state index in [0.717, 1.165) is 21.7 Å². The van der Waals surface area contributed by atoms with Gasteiger partial charge >= 0.3 is 0 Å². The first-order valence-corrected chi connectivity index (χ1v) is 12.8. The van der Waals surface area contributed by atoms with E-state index in [1.54, 1.807) is 18.3 Å². The van der Waals surface area contributed by atoms with E-state index in [2.05, 4.69) is 25.6 Å². The second-order valence-corrected chi connectivity index (χ2v) is 10.3. The lowest BCUT2D eigenvalue weighted by molar-refractivity contribution is -0.129. The highest BCUT2D eigenvalue weighted by atomic mass is 35.5. The van der Waals surface area contributed by atoms with Crippen molar-refractivity contribution in [3.63, 3.8) is 0 Å². The van der Waals surface area contributed by atoms with Gasteiger partial charge in [0.1, 0.15) is 23.7 Å². The smallest absolute Gasteiger partial charge is 0.270 e. The van der Waals surface area contributed by atoms with Crippen LogP contribution in [0.2, 0.25) is 4.47 Å². The molecule has 0 saturated heterocycles. The number of anilines is 1. The van der Waals surface area contributed by atoms with Crippen LogP contribution in [0.4, 0.5) is 5.82 Å². The lowest BCUT2D eigenvalue weighted by Crippen LogP contribution is -2.55. The van der Waals surface area contributed by atoms with Crippen LogP contribution in [-0.4, -0.2) is 33.5 Å². The van der Waals surface area contributed by atoms with Gasteiger partial charge in [0.15, 0.2) is 4.47 Å². The van der Waals surface area contributed by atoms with Crippen LogP contribution in [-0.2, 0) is 29.3 Å². The molecule has 1 aliphatic rings. The number of amides is 2. The molecule has 1 atom stereocenters. The normalized spacial score (nSPS) is 16.9. The van der Waals surface area contributed by atoms with Crippen LogP contribution in [0.15, 0.2) is 59.2 Å². The molecule has 9 nitrogen and oxygen atoms in total. The molecule has 1 aromatic carbocycles. The van der Waals surface area contributed by atoms with Crippen LogP contribution < -0.4 is 21.1 Å². The molecule has 192 valence electrons. The average molecular weight is 539 g/mol. The number of benzene rings is 1. The number of hydrogen-bond acceptors (Lipinski definition) is 8. The van der Waals surface area contributed by atoms with Gasteiger partial charge in [-0.1, -0.05) is 29.8 Å². The molecule has 0 spiro atoms. The Kier molecular flexibility index (Phi) is 8.32. The fourth-order valence-corrected chi connectivity index (χ4v) is 4.82. The van der Waals surface area contributed by atoms with Gasteiger partial charge in [0.2, 0.25) is 5.91 Å². The number of allylic oxidation sites excluding steroid dienone is 1. The zero-order valence-electron chi connectivity index (χ0n) is 20.5. The Balaban J connectivity index is 1.43. The minimum absolute atomic E-state index is 0.102. The van der Waals surface area contributed by atoms with E-state index in [0.29, 0.717) is 34.8 Å². The number of aliphatic imine (C=N–C) groups is 1. The maximum atomic E-state index is 13.0. The number of halogens is 1. The lowest BCUT2D eigenvalue weighted by Gasteiger charge is -2.34. The number of nitrogens with one attached hydrogen (secondary N) is 2. The van der Waals surface area contributed by atoms with Crippen molar-refractivity contribution in [3.8, 4) is 5.75 Å². The van der Waals surface area contributed by atoms with E-state index in [9.17, 15) is 9.59 Å². The first-order chi connectivity index (χ1) is 17.7. The lowest BCUT2D eigenvalue weighted by atomic mass is 9.84. The molecule has 0 aliphatic carbocycles. The van der Waals surface area contributed by atoms with Crippen molar-refractivity contribution >= 4 is 46.8 Å². The highest BCUT2D eigenvalue weighted by molar-refractivity contribution is 7.15. The number of rotatable bonds is 10. The third-order valence-corrected chi connectivity index (χ3v) is 7.16. The largest absolute Gasteiger partial charge is 0.488 e. The summed E-state index contributed by atoms with van der Waals surface area (Å²) in [6, 6.07) is 11.0. The number of aryl methyl sites for hydroxylation is 1. The standard InChI is InChI=1S/C26H27ClN6O3S/c1-16-8-9-29-24(35)26(16,11-23(34)30-13-19-6-7-22(28)33-17(19)2)32-12-18-4-3-5-20(10-18)36-15-21-14-31-25(27)37-21/h3-10,14,32H,11-13,15H2,1-2H3,(H2,28,33)(H,30,34). The molecule has 11 heteroatoms. The summed E-state index contributed by atoms with van der Waals surface area (Å²) in [5.74, 6) is 0.387. The molecule has 1 aliphatic heterocycles. The summed E-state index contributed by atoms with van der Waals surface area (Å²) in [6.07, 6.45) is 4.78. The summed E-state index contributed by atoms with van der Waals surface area (Å²) >= 11 is 7.25. The van der Waals surface area contributed by atoms with Crippen molar-refractivity contribution in [2.75, 3.05) is 5.73 Å². The number of nitrogens with two attached hydrogens (primary N) is 1. The number of thiazole rings is 1. The number of hydrogen-bond donors (Lipinski definition) is 3. The van der Waals surface area contributed by atoms with E-state index in [4.69, 9.17) is 22.1 Å². The number of carbonyl (C=O) groups is 2. The van der Waals surface area contributed by atoms with Crippen LogP contribution in [0.1, 0.15) is 35.0 Å². The highest BCUT2D eigenvalue weighted by Crippen LogP contribution is 2.27. The van der Waals surface area contributed by atoms with Gasteiger partial charge in [-0.25, -0.2) is 15.0 Å². The SMILES string of the molecule is CC1=CC=NC(=O)C1(CC(=O)NCc1ccc(N)nc1C)NCc1cccc(OCc2cnc(Cl)s2)c1. The number of nitrogen functional groups attached to an aromatic ring is 1. The van der Waals surface area contributed by atoms with Crippen molar-refractivity contribution in [2.24, 2.45) is 4.99 Å². The van der Waals surface area contributed by atoms with Crippen LogP contribution in [0.3, 0.4) is 0 Å². The molecule has 3 aromatic rings. The number of pyridine rings is 1. The molecule has 4 rings (SSSR count). The molecule has 37 heavy (non-hydrogen) atoms. The van der Waals surface area contributed by atoms with Crippen molar-refractivity contribution in [3.05, 3.63) is 80.4 Å². The summed E-state index contributed by atoms with van der Waals surface area (Å²) in [7, 11) is 0. The summed E-state index contributed by atoms with van der Waals surface area (Å²) in [6.45, 7) is 4.60. The molecule has 0 bridgehead atoms. The summed E-state index contributed by atoms with van der Waals surface area (Å²) < 4.78 is 6.33. The van der Waals surface area contributed by atoms with Gasteiger partial charge in [-0.05, 0) is 54.8 Å². The van der Waals surface area contributed by atoms with Crippen molar-refractivity contribution in [2.45, 2.75) is 45.5 Å². The molecule has 4 N–H and O–H groups in total. The minimum Gasteiger partial charge on any atom is -0.488 e. The van der Waals surface area contributed by atoms with Gasteiger partial charge < -0.3 is 15.8 Å². The topological polar surface area (TPSA) is 132 Å². The maximum absolute atomic E-state index is 13.0. The molecule has 0 saturated carbocycles. The third-order valence-electron chi connectivity index (χ3n) is 6.07. The summed E-state index contributed by atoms with van der Waals surface area (Å²) in [5, 5.41) is 6.19. The Morgan fingerprint density at radius 3 is 2.78 bits per heavy atom. The molecule has 2 aromatic heterocycles. The molecule has 3 heterocycles. The Hall–Kier alpha value is -3.60. The van der Waals surface area contributed by atoms with Crippen LogP contribution in [0.25, 0.3) is 0 Å². The van der Waals surface area contributed by atoms with Crippen molar-refractivity contribution in [1.82, 2.24) is 20.6 Å². The Morgan fingerprint density at radius 1 is 1.22 bits per heavy atom. The summed E-state index contributed by atoms with van der Waals surface area (Å²) in [5.41, 5.74) is 7.64. The Bertz CT molecular complexity index is 1370. The molecule has 2 amide bonds. The van der Waals surface area contributed by atoms with Crippen molar-refractivity contribution < 1.29 is 14.3 Å². The fraction of sp³-hybridized carbons (Fsp3) is 0.269. The average Bonchev–Trinajstić information content (AvgIpc) is 3.29. The van der Waals surface area contributed by atoms with E-state index < -0.39 is 11.4 Å². The van der Waals surface area contributed by atoms with Gasteiger partial charge in [0.05, 0.1) is 11.3 Å². The van der Waals surface area contributed by atoms with Crippen LogP contribution >= 0.6 is 22.9 Å². The molecular weight excluding hydrogens is 512 g/mol. The molecule has 1 unspecified atom stereocenters. The Labute approximate surface area is 223 Å². The highest BCUT2D eigenvalue weighted by Gasteiger charge is 2.42. The number of aromatic nitrogens is 2. The van der Waals surface area contributed by atoms with E-state index in [-0.39, 0.29) is 18.9 Å². The minimum atomic E-state index is -1.26. The Morgan fingerprint density at radius 2 is 2.05 bits per heavy atom. The van der Waals surface area contributed by atoms with Gasteiger partial charge in [-0.15, -0.1) is 11.3 Å². The van der Waals surface area contributed by atoms with Gasteiger partial charge in [0.25, 0.3) is 5.91 Å². The third kappa shape index (κ3) is 6.59. The zero-order chi connectivity index (χ0) is 26.4. The number of ether oxygens (including phenoxy) is 1. The van der Waals surface area contributed by atoms with Crippen LogP contribution in [0.5, 0.6) is 5.75 Å². The van der Waals surface area contributed by atoms with E-state index >= 15 is 0 Å². The second kappa shape index (κ2) is 11.6. The summed E-state index contributed by atoms with van der Waals surface area (Å²) in [4.78, 5) is 39.1.